The maximum Gasteiger partial charge on any atom is 0.329 e. The molecule has 0 fully saturated rings. The zero-order valence-corrected chi connectivity index (χ0v) is 12.3. The van der Waals surface area contributed by atoms with Crippen LogP contribution in [0.1, 0.15) is 44.1 Å². The molecule has 8 heteroatoms. The molecular formula is C12H17N3O4S. The largest absolute Gasteiger partial charge is 0.480 e. The van der Waals surface area contributed by atoms with E-state index in [4.69, 9.17) is 0 Å². The summed E-state index contributed by atoms with van der Waals surface area (Å²) in [6, 6.07) is 0. The molecule has 1 heterocycles. The fourth-order valence-corrected chi connectivity index (χ4v) is 2.36. The topological polar surface area (TPSA) is 108 Å². The average molecular weight is 299 g/mol. The monoisotopic (exact) mass is 299 g/mol. The van der Waals surface area contributed by atoms with Crippen LogP contribution in [0.3, 0.4) is 0 Å². The molecule has 1 atom stereocenters. The number of amides is 2. The van der Waals surface area contributed by atoms with Gasteiger partial charge in [0, 0.05) is 12.3 Å². The van der Waals surface area contributed by atoms with Crippen LogP contribution in [-0.4, -0.2) is 33.4 Å². The summed E-state index contributed by atoms with van der Waals surface area (Å²) >= 11 is 1.10. The Kier molecular flexibility index (Phi) is 5.20. The Bertz CT molecular complexity index is 529. The van der Waals surface area contributed by atoms with Crippen LogP contribution in [0.4, 0.5) is 5.13 Å². The highest BCUT2D eigenvalue weighted by Crippen LogP contribution is 2.18. The number of aliphatic carboxylic acids is 1. The predicted octanol–water partition coefficient (Wildman–Crippen LogP) is 1.47. The van der Waals surface area contributed by atoms with Crippen molar-refractivity contribution >= 4 is 34.3 Å². The van der Waals surface area contributed by atoms with Gasteiger partial charge in [-0.2, -0.15) is 0 Å². The zero-order chi connectivity index (χ0) is 15.3. The van der Waals surface area contributed by atoms with Crippen molar-refractivity contribution in [3.05, 3.63) is 11.1 Å². The minimum absolute atomic E-state index is 0.0855. The molecule has 3 N–H and O–H groups in total. The van der Waals surface area contributed by atoms with Crippen LogP contribution in [0.15, 0.2) is 5.38 Å². The van der Waals surface area contributed by atoms with E-state index in [9.17, 15) is 19.5 Å². The average Bonchev–Trinajstić information content (AvgIpc) is 2.76. The van der Waals surface area contributed by atoms with Gasteiger partial charge in [0.05, 0.1) is 0 Å². The third-order valence-electron chi connectivity index (χ3n) is 2.63. The van der Waals surface area contributed by atoms with Crippen LogP contribution in [-0.2, 0) is 9.59 Å². The summed E-state index contributed by atoms with van der Waals surface area (Å²) in [6.07, 6.45) is 0.939. The molecule has 0 saturated heterocycles. The molecule has 0 bridgehead atoms. The molecule has 1 unspecified atom stereocenters. The predicted molar refractivity (Wildman–Crippen MR) is 74.8 cm³/mol. The quantitative estimate of drug-likeness (QED) is 0.737. The molecular weight excluding hydrogens is 282 g/mol. The molecule has 2 amide bonds. The van der Waals surface area contributed by atoms with Crippen LogP contribution >= 0.6 is 11.3 Å². The smallest absolute Gasteiger partial charge is 0.329 e. The summed E-state index contributed by atoms with van der Waals surface area (Å²) in [5.74, 6) is -1.95. The number of carboxylic acid groups (broad SMARTS) is 1. The number of rotatable bonds is 6. The summed E-state index contributed by atoms with van der Waals surface area (Å²) < 4.78 is 0. The standard InChI is InChI=1S/C12H17N3O4S/c1-4-5-12(3,10(18)19)15-9(17)8-6-20-11(14-8)13-7(2)16/h6H,4-5H2,1-3H3,(H,15,17)(H,18,19)(H,13,14,16). The minimum Gasteiger partial charge on any atom is -0.480 e. The number of carboxylic acids is 1. The Morgan fingerprint density at radius 2 is 2.10 bits per heavy atom. The molecule has 0 aliphatic rings. The lowest BCUT2D eigenvalue weighted by Crippen LogP contribution is -2.52. The summed E-state index contributed by atoms with van der Waals surface area (Å²) in [7, 11) is 0. The Hall–Kier alpha value is -1.96. The first-order valence-electron chi connectivity index (χ1n) is 6.07. The number of nitrogens with zero attached hydrogens (tertiary/aromatic N) is 1. The van der Waals surface area contributed by atoms with Crippen molar-refractivity contribution in [3.63, 3.8) is 0 Å². The highest BCUT2D eigenvalue weighted by Gasteiger charge is 2.34. The van der Waals surface area contributed by atoms with Crippen molar-refractivity contribution in [1.82, 2.24) is 10.3 Å². The highest BCUT2D eigenvalue weighted by molar-refractivity contribution is 7.14. The van der Waals surface area contributed by atoms with E-state index < -0.39 is 17.4 Å². The van der Waals surface area contributed by atoms with Gasteiger partial charge in [-0.15, -0.1) is 11.3 Å². The molecule has 7 nitrogen and oxygen atoms in total. The number of carbonyl (C=O) groups is 3. The Morgan fingerprint density at radius 1 is 1.45 bits per heavy atom. The molecule has 20 heavy (non-hydrogen) atoms. The Labute approximate surface area is 120 Å². The van der Waals surface area contributed by atoms with Crippen molar-refractivity contribution in [2.45, 2.75) is 39.2 Å². The first kappa shape index (κ1) is 16.1. The second kappa shape index (κ2) is 6.47. The van der Waals surface area contributed by atoms with Gasteiger partial charge in [0.15, 0.2) is 5.13 Å². The minimum atomic E-state index is -1.33. The summed E-state index contributed by atoms with van der Waals surface area (Å²) in [4.78, 5) is 38.0. The number of nitrogens with one attached hydrogen (secondary N) is 2. The summed E-state index contributed by atoms with van der Waals surface area (Å²) in [5, 5.41) is 15.9. The number of anilines is 1. The SMILES string of the molecule is CCCC(C)(NC(=O)c1csc(NC(C)=O)n1)C(=O)O. The lowest BCUT2D eigenvalue weighted by Gasteiger charge is -2.25. The van der Waals surface area contributed by atoms with Gasteiger partial charge in [0.2, 0.25) is 5.91 Å². The van der Waals surface area contributed by atoms with Crippen molar-refractivity contribution < 1.29 is 19.5 Å². The number of carbonyl (C=O) groups excluding carboxylic acids is 2. The van der Waals surface area contributed by atoms with Crippen molar-refractivity contribution in [1.29, 1.82) is 0 Å². The van der Waals surface area contributed by atoms with Gasteiger partial charge in [-0.3, -0.25) is 9.59 Å². The Balaban J connectivity index is 2.81. The van der Waals surface area contributed by atoms with Crippen LogP contribution in [0, 0.1) is 0 Å². The molecule has 0 aliphatic carbocycles. The summed E-state index contributed by atoms with van der Waals surface area (Å²) in [6.45, 7) is 4.63. The van der Waals surface area contributed by atoms with E-state index in [2.05, 4.69) is 15.6 Å². The first-order valence-corrected chi connectivity index (χ1v) is 6.95. The van der Waals surface area contributed by atoms with Crippen LogP contribution < -0.4 is 10.6 Å². The molecule has 0 radical (unpaired) electrons. The van der Waals surface area contributed by atoms with Crippen LogP contribution in [0.5, 0.6) is 0 Å². The van der Waals surface area contributed by atoms with E-state index in [1.807, 2.05) is 6.92 Å². The second-order valence-corrected chi connectivity index (χ2v) is 5.42. The van der Waals surface area contributed by atoms with Crippen LogP contribution in [0.2, 0.25) is 0 Å². The van der Waals surface area contributed by atoms with E-state index in [0.717, 1.165) is 11.3 Å². The molecule has 0 aromatic carbocycles. The lowest BCUT2D eigenvalue weighted by atomic mass is 9.96. The van der Waals surface area contributed by atoms with E-state index in [1.165, 1.54) is 19.2 Å². The fourth-order valence-electron chi connectivity index (χ4n) is 1.62. The molecule has 0 spiro atoms. The van der Waals surface area contributed by atoms with E-state index in [1.54, 1.807) is 0 Å². The molecule has 1 rings (SSSR count). The van der Waals surface area contributed by atoms with Crippen LogP contribution in [0.25, 0.3) is 0 Å². The zero-order valence-electron chi connectivity index (χ0n) is 11.5. The van der Waals surface area contributed by atoms with Gasteiger partial charge in [-0.1, -0.05) is 13.3 Å². The molecule has 1 aromatic rings. The third kappa shape index (κ3) is 4.02. The van der Waals surface area contributed by atoms with Crippen molar-refractivity contribution in [3.8, 4) is 0 Å². The van der Waals surface area contributed by atoms with Gasteiger partial charge < -0.3 is 15.7 Å². The van der Waals surface area contributed by atoms with Gasteiger partial charge in [0.1, 0.15) is 11.2 Å². The molecule has 1 aromatic heterocycles. The highest BCUT2D eigenvalue weighted by atomic mass is 32.1. The van der Waals surface area contributed by atoms with Gasteiger partial charge in [0.25, 0.3) is 5.91 Å². The fraction of sp³-hybridized carbons (Fsp3) is 0.500. The number of hydrogen-bond acceptors (Lipinski definition) is 5. The van der Waals surface area contributed by atoms with E-state index >= 15 is 0 Å². The molecule has 0 saturated carbocycles. The number of thiazole rings is 1. The second-order valence-electron chi connectivity index (χ2n) is 4.56. The molecule has 0 aliphatic heterocycles. The third-order valence-corrected chi connectivity index (χ3v) is 3.39. The normalized spacial score (nSPS) is 13.3. The van der Waals surface area contributed by atoms with E-state index in [0.29, 0.717) is 18.0 Å². The van der Waals surface area contributed by atoms with Crippen molar-refractivity contribution in [2.75, 3.05) is 5.32 Å². The van der Waals surface area contributed by atoms with Gasteiger partial charge in [-0.05, 0) is 13.3 Å². The number of aromatic nitrogens is 1. The molecule has 110 valence electrons. The van der Waals surface area contributed by atoms with Gasteiger partial charge >= 0.3 is 5.97 Å². The van der Waals surface area contributed by atoms with Gasteiger partial charge in [-0.25, -0.2) is 9.78 Å². The summed E-state index contributed by atoms with van der Waals surface area (Å²) in [5.41, 5.74) is -1.24. The first-order chi connectivity index (χ1) is 9.28. The Morgan fingerprint density at radius 3 is 2.60 bits per heavy atom. The van der Waals surface area contributed by atoms with E-state index in [-0.39, 0.29) is 11.6 Å². The number of hydrogen-bond donors (Lipinski definition) is 3. The van der Waals surface area contributed by atoms with Crippen molar-refractivity contribution in [2.24, 2.45) is 0 Å². The lowest BCUT2D eigenvalue weighted by molar-refractivity contribution is -0.144. The maximum absolute atomic E-state index is 12.0. The maximum atomic E-state index is 12.0.